The summed E-state index contributed by atoms with van der Waals surface area (Å²) in [4.78, 5) is 12.9. The predicted octanol–water partition coefficient (Wildman–Crippen LogP) is 5.47. The van der Waals surface area contributed by atoms with Crippen molar-refractivity contribution in [1.29, 1.82) is 0 Å². The van der Waals surface area contributed by atoms with Gasteiger partial charge in [0, 0.05) is 15.8 Å². The first kappa shape index (κ1) is 15.8. The highest BCUT2D eigenvalue weighted by molar-refractivity contribution is 9.10. The minimum atomic E-state index is 0.368. The molecule has 0 spiro atoms. The van der Waals surface area contributed by atoms with E-state index in [9.17, 15) is 4.79 Å². The topological polar surface area (TPSA) is 17.1 Å². The molecule has 0 aliphatic carbocycles. The fourth-order valence-corrected chi connectivity index (χ4v) is 3.19. The third kappa shape index (κ3) is 6.60. The number of rotatable bonds is 9. The third-order valence-electron chi connectivity index (χ3n) is 2.78. The largest absolute Gasteiger partial charge is 0.299 e. The number of carbonyl (C=O) groups is 1. The molecule has 0 aliphatic heterocycles. The second-order valence-corrected chi connectivity index (χ2v) is 6.29. The Labute approximate surface area is 123 Å². The number of hydrogen-bond acceptors (Lipinski definition) is 2. The van der Waals surface area contributed by atoms with Crippen LogP contribution in [0, 0.1) is 0 Å². The van der Waals surface area contributed by atoms with Gasteiger partial charge in [-0.25, -0.2) is 0 Å². The van der Waals surface area contributed by atoms with Gasteiger partial charge in [0.2, 0.25) is 0 Å². The van der Waals surface area contributed by atoms with Gasteiger partial charge in [0.25, 0.3) is 0 Å². The summed E-state index contributed by atoms with van der Waals surface area (Å²) in [6.07, 6.45) is 6.79. The Kier molecular flexibility index (Phi) is 8.44. The zero-order valence-corrected chi connectivity index (χ0v) is 13.4. The Bertz CT molecular complexity index is 365. The van der Waals surface area contributed by atoms with Gasteiger partial charge >= 0.3 is 0 Å². The van der Waals surface area contributed by atoms with E-state index in [1.165, 1.54) is 25.7 Å². The summed E-state index contributed by atoms with van der Waals surface area (Å²) < 4.78 is 1.07. The normalized spacial score (nSPS) is 10.6. The molecule has 0 saturated heterocycles. The molecule has 1 rings (SSSR count). The van der Waals surface area contributed by atoms with E-state index in [1.54, 1.807) is 11.8 Å². The fourth-order valence-electron chi connectivity index (χ4n) is 1.72. The first-order valence-corrected chi connectivity index (χ1v) is 8.41. The van der Waals surface area contributed by atoms with E-state index in [-0.39, 0.29) is 0 Å². The van der Waals surface area contributed by atoms with E-state index < -0.39 is 0 Å². The second-order valence-electron chi connectivity index (χ2n) is 4.42. The molecule has 1 aromatic rings. The van der Waals surface area contributed by atoms with Crippen LogP contribution in [-0.4, -0.2) is 11.5 Å². The molecule has 0 aromatic heterocycles. The van der Waals surface area contributed by atoms with Gasteiger partial charge in [0.05, 0.1) is 5.75 Å². The lowest BCUT2D eigenvalue weighted by Crippen LogP contribution is -2.01. The van der Waals surface area contributed by atoms with E-state index in [4.69, 9.17) is 0 Å². The van der Waals surface area contributed by atoms with Crippen LogP contribution in [0.2, 0.25) is 0 Å². The minimum absolute atomic E-state index is 0.368. The zero-order valence-electron chi connectivity index (χ0n) is 11.0. The second kappa shape index (κ2) is 9.62. The highest BCUT2D eigenvalue weighted by atomic mass is 79.9. The van der Waals surface area contributed by atoms with Gasteiger partial charge in [0.1, 0.15) is 5.78 Å². The van der Waals surface area contributed by atoms with Gasteiger partial charge in [-0.2, -0.15) is 0 Å². The van der Waals surface area contributed by atoms with E-state index in [2.05, 4.69) is 22.9 Å². The fraction of sp³-hybridized carbons (Fsp3) is 0.533. The van der Waals surface area contributed by atoms with Crippen LogP contribution in [-0.2, 0) is 4.79 Å². The third-order valence-corrected chi connectivity index (χ3v) is 4.87. The highest BCUT2D eigenvalue weighted by Gasteiger charge is 2.05. The monoisotopic (exact) mass is 328 g/mol. The highest BCUT2D eigenvalue weighted by Crippen LogP contribution is 2.27. The molecule has 0 radical (unpaired) electrons. The molecule has 0 unspecified atom stereocenters. The maximum Gasteiger partial charge on any atom is 0.143 e. The van der Waals surface area contributed by atoms with Crippen molar-refractivity contribution < 1.29 is 4.79 Å². The van der Waals surface area contributed by atoms with Crippen molar-refractivity contribution >= 4 is 33.5 Å². The lowest BCUT2D eigenvalue weighted by Gasteiger charge is -2.03. The summed E-state index contributed by atoms with van der Waals surface area (Å²) in [7, 11) is 0. The Balaban J connectivity index is 2.15. The molecular weight excluding hydrogens is 308 g/mol. The number of thioether (sulfide) groups is 1. The summed E-state index contributed by atoms with van der Waals surface area (Å²) in [6.45, 7) is 2.21. The molecule has 0 atom stereocenters. The molecule has 0 saturated carbocycles. The van der Waals surface area contributed by atoms with Gasteiger partial charge in [-0.05, 0) is 34.5 Å². The van der Waals surface area contributed by atoms with Crippen molar-refractivity contribution in [3.05, 3.63) is 28.7 Å². The first-order chi connectivity index (χ1) is 8.74. The summed E-state index contributed by atoms with van der Waals surface area (Å²) in [5.41, 5.74) is 0. The standard InChI is InChI=1S/C15H21BrOS/c1-2-3-4-5-6-9-13(17)12-18-15-11-8-7-10-14(15)16/h7-8,10-11H,2-6,9,12H2,1H3. The van der Waals surface area contributed by atoms with Crippen LogP contribution < -0.4 is 0 Å². The van der Waals surface area contributed by atoms with Crippen LogP contribution in [0.25, 0.3) is 0 Å². The molecule has 0 amide bonds. The number of hydrogen-bond donors (Lipinski definition) is 0. The van der Waals surface area contributed by atoms with Crippen molar-refractivity contribution in [2.24, 2.45) is 0 Å². The number of carbonyl (C=O) groups excluding carboxylic acids is 1. The van der Waals surface area contributed by atoms with Crippen molar-refractivity contribution in [2.45, 2.75) is 50.3 Å². The van der Waals surface area contributed by atoms with Crippen LogP contribution in [0.3, 0.4) is 0 Å². The Morgan fingerprint density at radius 3 is 2.61 bits per heavy atom. The number of ketones is 1. The van der Waals surface area contributed by atoms with Gasteiger partial charge in [-0.1, -0.05) is 44.7 Å². The average Bonchev–Trinajstić information content (AvgIpc) is 2.37. The van der Waals surface area contributed by atoms with Crippen molar-refractivity contribution in [2.75, 3.05) is 5.75 Å². The Morgan fingerprint density at radius 2 is 1.89 bits per heavy atom. The van der Waals surface area contributed by atoms with Gasteiger partial charge in [-0.15, -0.1) is 11.8 Å². The maximum atomic E-state index is 11.7. The van der Waals surface area contributed by atoms with E-state index in [1.807, 2.05) is 24.3 Å². The van der Waals surface area contributed by atoms with Gasteiger partial charge in [-0.3, -0.25) is 4.79 Å². The molecule has 1 nitrogen and oxygen atoms in total. The molecule has 0 aliphatic rings. The van der Waals surface area contributed by atoms with Crippen LogP contribution in [0.15, 0.2) is 33.6 Å². The SMILES string of the molecule is CCCCCCCC(=O)CSc1ccccc1Br. The molecule has 0 N–H and O–H groups in total. The van der Waals surface area contributed by atoms with E-state index >= 15 is 0 Å². The molecule has 18 heavy (non-hydrogen) atoms. The van der Waals surface area contributed by atoms with Crippen LogP contribution in [0.1, 0.15) is 45.4 Å². The molecular formula is C15H21BrOS. The summed E-state index contributed by atoms with van der Waals surface area (Å²) in [5, 5.41) is 0. The average molecular weight is 329 g/mol. The lowest BCUT2D eigenvalue weighted by atomic mass is 10.1. The number of unbranched alkanes of at least 4 members (excludes halogenated alkanes) is 4. The van der Waals surface area contributed by atoms with Crippen LogP contribution in [0.4, 0.5) is 0 Å². The summed E-state index contributed by atoms with van der Waals surface area (Å²) in [6, 6.07) is 8.05. The van der Waals surface area contributed by atoms with Crippen LogP contribution in [0.5, 0.6) is 0 Å². The smallest absolute Gasteiger partial charge is 0.143 e. The number of benzene rings is 1. The van der Waals surface area contributed by atoms with Gasteiger partial charge in [0.15, 0.2) is 0 Å². The van der Waals surface area contributed by atoms with Crippen molar-refractivity contribution in [1.82, 2.24) is 0 Å². The quantitative estimate of drug-likeness (QED) is 0.441. The summed E-state index contributed by atoms with van der Waals surface area (Å²) in [5.74, 6) is 0.961. The molecule has 0 bridgehead atoms. The molecule has 1 aromatic carbocycles. The predicted molar refractivity (Wildman–Crippen MR) is 83.2 cm³/mol. The van der Waals surface area contributed by atoms with Crippen molar-refractivity contribution in [3.8, 4) is 0 Å². The molecule has 100 valence electrons. The lowest BCUT2D eigenvalue weighted by molar-refractivity contribution is -0.116. The molecule has 3 heteroatoms. The van der Waals surface area contributed by atoms with Crippen molar-refractivity contribution in [3.63, 3.8) is 0 Å². The Morgan fingerprint density at radius 1 is 1.17 bits per heavy atom. The number of halogens is 1. The maximum absolute atomic E-state index is 11.7. The van der Waals surface area contributed by atoms with E-state index in [0.29, 0.717) is 11.5 Å². The van der Waals surface area contributed by atoms with Crippen LogP contribution >= 0.6 is 27.7 Å². The zero-order chi connectivity index (χ0) is 13.2. The van der Waals surface area contributed by atoms with E-state index in [0.717, 1.165) is 22.2 Å². The molecule has 0 fully saturated rings. The minimum Gasteiger partial charge on any atom is -0.299 e. The first-order valence-electron chi connectivity index (χ1n) is 6.63. The summed E-state index contributed by atoms with van der Waals surface area (Å²) >= 11 is 5.12. The Hall–Kier alpha value is -0.280. The van der Waals surface area contributed by atoms with Gasteiger partial charge < -0.3 is 0 Å². The molecule has 0 heterocycles. The number of Topliss-reactive ketones (excluding diaryl/α,β-unsaturated/α-hetero) is 1.